The average Bonchev–Trinajstić information content (AvgIpc) is 3.03. The van der Waals surface area contributed by atoms with Crippen molar-refractivity contribution in [3.8, 4) is 0 Å². The van der Waals surface area contributed by atoms with Gasteiger partial charge in [-0.05, 0) is 24.0 Å². The van der Waals surface area contributed by atoms with Gasteiger partial charge in [0.25, 0.3) is 0 Å². The molecule has 1 fully saturated rings. The van der Waals surface area contributed by atoms with E-state index in [9.17, 15) is 14.4 Å². The third-order valence-corrected chi connectivity index (χ3v) is 4.74. The molecule has 1 atom stereocenters. The summed E-state index contributed by atoms with van der Waals surface area (Å²) in [5.74, 6) is -0.866. The molecule has 8 nitrogen and oxygen atoms in total. The van der Waals surface area contributed by atoms with Crippen LogP contribution in [0.3, 0.4) is 0 Å². The topological polar surface area (TPSA) is 85.4 Å². The molecule has 0 N–H and O–H groups in total. The summed E-state index contributed by atoms with van der Waals surface area (Å²) in [4.78, 5) is 43.8. The molecule has 0 spiro atoms. The number of carbonyl (C=O) groups is 3. The number of ether oxygens (including phenoxy) is 1. The van der Waals surface area contributed by atoms with Gasteiger partial charge in [0.05, 0.1) is 20.8 Å². The Kier molecular flexibility index (Phi) is 12.2. The maximum absolute atomic E-state index is 11.6. The standard InChI is InChI=1S/C12H12N2O4.C11H22O2/c1-17-13-10(8-9-6-4-3-5-7-9)14(18-2)12(16)11(13)15;1-4-7-8-10(5-2)9-13-11(12)6-3/h3-8H,1-2H3;10H,4-9H2,1-3H3. The summed E-state index contributed by atoms with van der Waals surface area (Å²) in [7, 11) is 2.62. The van der Waals surface area contributed by atoms with Crippen LogP contribution in [0.1, 0.15) is 58.4 Å². The molecule has 1 aliphatic rings. The van der Waals surface area contributed by atoms with Crippen molar-refractivity contribution in [3.63, 3.8) is 0 Å². The largest absolute Gasteiger partial charge is 0.465 e. The van der Waals surface area contributed by atoms with Crippen molar-refractivity contribution in [1.29, 1.82) is 0 Å². The van der Waals surface area contributed by atoms with E-state index in [4.69, 9.17) is 14.4 Å². The summed E-state index contributed by atoms with van der Waals surface area (Å²) < 4.78 is 5.10. The van der Waals surface area contributed by atoms with E-state index in [1.54, 1.807) is 6.08 Å². The Balaban J connectivity index is 0.000000330. The number of carbonyl (C=O) groups excluding carboxylic acids is 3. The van der Waals surface area contributed by atoms with Crippen molar-refractivity contribution in [2.75, 3.05) is 20.8 Å². The number of hydroxylamine groups is 4. The lowest BCUT2D eigenvalue weighted by Crippen LogP contribution is -2.26. The van der Waals surface area contributed by atoms with Gasteiger partial charge in [-0.2, -0.15) is 10.1 Å². The number of esters is 1. The normalized spacial score (nSPS) is 14.3. The molecule has 0 aromatic heterocycles. The molecule has 1 aliphatic heterocycles. The highest BCUT2D eigenvalue weighted by Gasteiger charge is 2.43. The first-order valence-corrected chi connectivity index (χ1v) is 10.6. The van der Waals surface area contributed by atoms with Gasteiger partial charge in [-0.1, -0.05) is 70.4 Å². The Morgan fingerprint density at radius 3 is 2.03 bits per heavy atom. The Morgan fingerprint density at radius 1 is 1.00 bits per heavy atom. The minimum absolute atomic E-state index is 0.0741. The monoisotopic (exact) mass is 434 g/mol. The van der Waals surface area contributed by atoms with E-state index in [2.05, 4.69) is 13.8 Å². The molecule has 31 heavy (non-hydrogen) atoms. The molecule has 1 heterocycles. The van der Waals surface area contributed by atoms with E-state index in [1.807, 2.05) is 37.3 Å². The molecular weight excluding hydrogens is 400 g/mol. The van der Waals surface area contributed by atoms with Crippen LogP contribution in [-0.2, 0) is 28.8 Å². The van der Waals surface area contributed by atoms with Gasteiger partial charge in [0, 0.05) is 6.42 Å². The second kappa shape index (κ2) is 14.3. The Morgan fingerprint density at radius 2 is 1.58 bits per heavy atom. The number of hydrogen-bond donors (Lipinski definition) is 0. The summed E-state index contributed by atoms with van der Waals surface area (Å²) in [5, 5.41) is 1.78. The molecule has 0 bridgehead atoms. The van der Waals surface area contributed by atoms with Gasteiger partial charge in [-0.3, -0.25) is 24.1 Å². The number of amides is 2. The van der Waals surface area contributed by atoms with Crippen LogP contribution < -0.4 is 0 Å². The molecule has 0 saturated carbocycles. The van der Waals surface area contributed by atoms with Crippen LogP contribution in [-0.4, -0.2) is 48.7 Å². The number of nitrogens with zero attached hydrogens (tertiary/aromatic N) is 2. The second-order valence-electron chi connectivity index (χ2n) is 6.93. The highest BCUT2D eigenvalue weighted by atomic mass is 16.7. The van der Waals surface area contributed by atoms with Gasteiger partial charge >= 0.3 is 17.8 Å². The molecule has 1 aromatic carbocycles. The van der Waals surface area contributed by atoms with E-state index < -0.39 is 11.8 Å². The number of rotatable bonds is 10. The Bertz CT molecular complexity index is 711. The van der Waals surface area contributed by atoms with Gasteiger partial charge in [-0.25, -0.2) is 0 Å². The number of benzene rings is 1. The van der Waals surface area contributed by atoms with Gasteiger partial charge < -0.3 is 4.74 Å². The molecule has 0 radical (unpaired) electrons. The van der Waals surface area contributed by atoms with Gasteiger partial charge in [0.1, 0.15) is 0 Å². The number of unbranched alkanes of at least 4 members (excludes halogenated alkanes) is 1. The predicted molar refractivity (Wildman–Crippen MR) is 117 cm³/mol. The lowest BCUT2D eigenvalue weighted by Gasteiger charge is -2.17. The summed E-state index contributed by atoms with van der Waals surface area (Å²) in [6.45, 7) is 6.78. The summed E-state index contributed by atoms with van der Waals surface area (Å²) in [6, 6.07) is 9.23. The minimum atomic E-state index is -0.790. The zero-order chi connectivity index (χ0) is 23.2. The fourth-order valence-electron chi connectivity index (χ4n) is 2.84. The Labute approximate surface area is 184 Å². The first-order chi connectivity index (χ1) is 14.9. The second-order valence-corrected chi connectivity index (χ2v) is 6.93. The third-order valence-electron chi connectivity index (χ3n) is 4.74. The van der Waals surface area contributed by atoms with Gasteiger partial charge in [0.2, 0.25) is 0 Å². The van der Waals surface area contributed by atoms with Crippen molar-refractivity contribution in [2.24, 2.45) is 5.92 Å². The van der Waals surface area contributed by atoms with E-state index in [-0.39, 0.29) is 11.8 Å². The quantitative estimate of drug-likeness (QED) is 0.410. The highest BCUT2D eigenvalue weighted by Crippen LogP contribution is 2.23. The first kappa shape index (κ1) is 26.3. The van der Waals surface area contributed by atoms with Crippen LogP contribution in [0.4, 0.5) is 0 Å². The van der Waals surface area contributed by atoms with Crippen LogP contribution in [0.15, 0.2) is 36.2 Å². The number of hydrogen-bond acceptors (Lipinski definition) is 6. The maximum Gasteiger partial charge on any atom is 0.344 e. The van der Waals surface area contributed by atoms with Crippen molar-refractivity contribution in [1.82, 2.24) is 10.1 Å². The van der Waals surface area contributed by atoms with Crippen molar-refractivity contribution >= 4 is 23.9 Å². The molecule has 1 unspecified atom stereocenters. The van der Waals surface area contributed by atoms with Crippen molar-refractivity contribution in [2.45, 2.75) is 52.9 Å². The fourth-order valence-corrected chi connectivity index (χ4v) is 2.84. The van der Waals surface area contributed by atoms with Gasteiger partial charge in [-0.15, -0.1) is 0 Å². The zero-order valence-electron chi connectivity index (χ0n) is 19.1. The van der Waals surface area contributed by atoms with Crippen LogP contribution >= 0.6 is 0 Å². The van der Waals surface area contributed by atoms with E-state index >= 15 is 0 Å². The third kappa shape index (κ3) is 8.15. The van der Waals surface area contributed by atoms with Crippen molar-refractivity contribution < 1.29 is 28.8 Å². The van der Waals surface area contributed by atoms with E-state index in [1.165, 1.54) is 33.5 Å². The van der Waals surface area contributed by atoms with Crippen LogP contribution in [0, 0.1) is 5.92 Å². The lowest BCUT2D eigenvalue weighted by molar-refractivity contribution is -0.164. The minimum Gasteiger partial charge on any atom is -0.465 e. The lowest BCUT2D eigenvalue weighted by atomic mass is 10.0. The van der Waals surface area contributed by atoms with Crippen LogP contribution in [0.25, 0.3) is 6.08 Å². The molecule has 2 rings (SSSR count). The average molecular weight is 435 g/mol. The molecule has 1 aromatic rings. The first-order valence-electron chi connectivity index (χ1n) is 10.6. The Hall–Kier alpha value is -2.71. The summed E-state index contributed by atoms with van der Waals surface area (Å²) >= 11 is 0. The summed E-state index contributed by atoms with van der Waals surface area (Å²) in [6.07, 6.45) is 6.86. The fraction of sp³-hybridized carbons (Fsp3) is 0.522. The molecule has 2 amide bonds. The van der Waals surface area contributed by atoms with E-state index in [0.717, 1.165) is 22.1 Å². The van der Waals surface area contributed by atoms with E-state index in [0.29, 0.717) is 18.9 Å². The highest BCUT2D eigenvalue weighted by molar-refractivity contribution is 6.37. The predicted octanol–water partition coefficient (Wildman–Crippen LogP) is 3.93. The molecule has 172 valence electrons. The zero-order valence-corrected chi connectivity index (χ0v) is 19.1. The smallest absolute Gasteiger partial charge is 0.344 e. The maximum atomic E-state index is 11.6. The van der Waals surface area contributed by atoms with Gasteiger partial charge in [0.15, 0.2) is 5.82 Å². The molecule has 0 aliphatic carbocycles. The van der Waals surface area contributed by atoms with Crippen LogP contribution in [0.2, 0.25) is 0 Å². The SMILES string of the molecule is CCCCC(CC)COC(=O)CC.CON1C(=O)C(=O)N(OC)C1=Cc1ccccc1. The van der Waals surface area contributed by atoms with Crippen molar-refractivity contribution in [3.05, 3.63) is 41.7 Å². The molecule has 1 saturated heterocycles. The summed E-state index contributed by atoms with van der Waals surface area (Å²) in [5.41, 5.74) is 0.819. The molecular formula is C23H34N2O6. The van der Waals surface area contributed by atoms with Crippen LogP contribution in [0.5, 0.6) is 0 Å². The molecule has 8 heteroatoms.